The van der Waals surface area contributed by atoms with Crippen LogP contribution < -0.4 is 10.1 Å². The lowest BCUT2D eigenvalue weighted by Crippen LogP contribution is -2.39. The van der Waals surface area contributed by atoms with Crippen LogP contribution in [-0.4, -0.2) is 42.6 Å². The molecule has 0 aliphatic carbocycles. The van der Waals surface area contributed by atoms with Gasteiger partial charge in [-0.15, -0.1) is 13.2 Å². The van der Waals surface area contributed by atoms with Crippen LogP contribution in [0.3, 0.4) is 0 Å². The molecule has 1 unspecified atom stereocenters. The second-order valence-electron chi connectivity index (χ2n) is 7.32. The Morgan fingerprint density at radius 1 is 1.15 bits per heavy atom. The highest BCUT2D eigenvalue weighted by molar-refractivity contribution is 5.68. The minimum Gasteiger partial charge on any atom is -0.444 e. The third kappa shape index (κ3) is 7.11. The molecule has 8 heteroatoms. The van der Waals surface area contributed by atoms with E-state index in [1.807, 2.05) is 0 Å². The van der Waals surface area contributed by atoms with Crippen molar-refractivity contribution < 1.29 is 27.4 Å². The number of likely N-dealkylation sites (tertiary alicyclic amines) is 1. The van der Waals surface area contributed by atoms with E-state index in [-0.39, 0.29) is 11.8 Å². The number of carbonyl (C=O) groups excluding carboxylic acids is 1. The summed E-state index contributed by atoms with van der Waals surface area (Å²) in [6.07, 6.45) is -3.10. The van der Waals surface area contributed by atoms with Gasteiger partial charge in [-0.2, -0.15) is 0 Å². The number of alkyl halides is 3. The van der Waals surface area contributed by atoms with Crippen LogP contribution in [-0.2, 0) is 4.74 Å². The lowest BCUT2D eigenvalue weighted by Gasteiger charge is -2.27. The SMILES string of the molecule is CC(C)(C)OC(=O)NC(CN1CCCC1)c1ccc(OC(F)(F)F)cc1. The number of alkyl carbamates (subject to hydrolysis) is 1. The number of hydrogen-bond acceptors (Lipinski definition) is 4. The molecule has 0 radical (unpaired) electrons. The molecule has 146 valence electrons. The van der Waals surface area contributed by atoms with Crippen LogP contribution in [0.1, 0.15) is 45.2 Å². The van der Waals surface area contributed by atoms with E-state index in [4.69, 9.17) is 4.74 Å². The maximum Gasteiger partial charge on any atom is 0.573 e. The second-order valence-corrected chi connectivity index (χ2v) is 7.32. The Morgan fingerprint density at radius 2 is 1.73 bits per heavy atom. The molecule has 1 N–H and O–H groups in total. The van der Waals surface area contributed by atoms with Gasteiger partial charge < -0.3 is 19.7 Å². The van der Waals surface area contributed by atoms with Crippen LogP contribution in [0.15, 0.2) is 24.3 Å². The van der Waals surface area contributed by atoms with Crippen LogP contribution in [0.25, 0.3) is 0 Å². The topological polar surface area (TPSA) is 50.8 Å². The summed E-state index contributed by atoms with van der Waals surface area (Å²) < 4.78 is 46.1. The number of carbonyl (C=O) groups is 1. The number of hydrogen-bond donors (Lipinski definition) is 1. The molecule has 1 amide bonds. The third-order valence-electron chi connectivity index (χ3n) is 3.85. The first-order valence-electron chi connectivity index (χ1n) is 8.59. The van der Waals surface area contributed by atoms with Crippen molar-refractivity contribution in [2.75, 3.05) is 19.6 Å². The van der Waals surface area contributed by atoms with Gasteiger partial charge in [-0.05, 0) is 64.4 Å². The maximum absolute atomic E-state index is 12.3. The van der Waals surface area contributed by atoms with Crippen molar-refractivity contribution in [2.45, 2.75) is 51.6 Å². The highest BCUT2D eigenvalue weighted by Gasteiger charge is 2.31. The molecule has 5 nitrogen and oxygen atoms in total. The summed E-state index contributed by atoms with van der Waals surface area (Å²) in [5, 5.41) is 2.82. The summed E-state index contributed by atoms with van der Waals surface area (Å²) in [7, 11) is 0. The minimum absolute atomic E-state index is 0.293. The molecule has 1 fully saturated rings. The lowest BCUT2D eigenvalue weighted by molar-refractivity contribution is -0.274. The number of rotatable bonds is 5. The molecule has 1 aromatic carbocycles. The fourth-order valence-corrected chi connectivity index (χ4v) is 2.81. The molecular formula is C18H25F3N2O3. The van der Waals surface area contributed by atoms with E-state index in [2.05, 4.69) is 15.0 Å². The summed E-state index contributed by atoms with van der Waals surface area (Å²) in [6.45, 7) is 7.74. The molecule has 2 rings (SSSR count). The number of ether oxygens (including phenoxy) is 2. The Labute approximate surface area is 151 Å². The van der Waals surface area contributed by atoms with Gasteiger partial charge in [0.2, 0.25) is 0 Å². The molecule has 0 aromatic heterocycles. The van der Waals surface area contributed by atoms with Crippen molar-refractivity contribution in [1.82, 2.24) is 10.2 Å². The van der Waals surface area contributed by atoms with Gasteiger partial charge in [-0.1, -0.05) is 12.1 Å². The highest BCUT2D eigenvalue weighted by Crippen LogP contribution is 2.25. The summed E-state index contributed by atoms with van der Waals surface area (Å²) in [4.78, 5) is 14.4. The van der Waals surface area contributed by atoms with Gasteiger partial charge in [-0.3, -0.25) is 0 Å². The van der Waals surface area contributed by atoms with Gasteiger partial charge in [0.25, 0.3) is 0 Å². The van der Waals surface area contributed by atoms with E-state index in [0.29, 0.717) is 12.1 Å². The van der Waals surface area contributed by atoms with Crippen LogP contribution in [0.4, 0.5) is 18.0 Å². The Hall–Kier alpha value is -1.96. The molecule has 1 atom stereocenters. The van der Waals surface area contributed by atoms with E-state index < -0.39 is 18.1 Å². The molecule has 0 spiro atoms. The van der Waals surface area contributed by atoms with Gasteiger partial charge in [-0.25, -0.2) is 4.79 Å². The standard InChI is InChI=1S/C18H25F3N2O3/c1-17(2,3)26-16(24)22-15(12-23-10-4-5-11-23)13-6-8-14(9-7-13)25-18(19,20)21/h6-9,15H,4-5,10-12H2,1-3H3,(H,22,24). The zero-order valence-corrected chi connectivity index (χ0v) is 15.2. The average Bonchev–Trinajstić information content (AvgIpc) is 2.96. The fraction of sp³-hybridized carbons (Fsp3) is 0.611. The van der Waals surface area contributed by atoms with E-state index >= 15 is 0 Å². The van der Waals surface area contributed by atoms with Crippen molar-refractivity contribution in [1.29, 1.82) is 0 Å². The monoisotopic (exact) mass is 374 g/mol. The maximum atomic E-state index is 12.3. The molecule has 0 saturated carbocycles. The Bertz CT molecular complexity index is 591. The summed E-state index contributed by atoms with van der Waals surface area (Å²) in [5.74, 6) is -0.293. The van der Waals surface area contributed by atoms with Crippen molar-refractivity contribution >= 4 is 6.09 Å². The Balaban J connectivity index is 2.10. The van der Waals surface area contributed by atoms with Crippen LogP contribution >= 0.6 is 0 Å². The lowest BCUT2D eigenvalue weighted by atomic mass is 10.1. The molecule has 1 aliphatic rings. The number of benzene rings is 1. The zero-order valence-electron chi connectivity index (χ0n) is 15.2. The van der Waals surface area contributed by atoms with Crippen LogP contribution in [0.2, 0.25) is 0 Å². The number of nitrogens with zero attached hydrogens (tertiary/aromatic N) is 1. The van der Waals surface area contributed by atoms with Crippen molar-refractivity contribution in [3.63, 3.8) is 0 Å². The van der Waals surface area contributed by atoms with Crippen LogP contribution in [0.5, 0.6) is 5.75 Å². The van der Waals surface area contributed by atoms with Crippen molar-refractivity contribution in [2.24, 2.45) is 0 Å². The zero-order chi connectivity index (χ0) is 19.4. The van der Waals surface area contributed by atoms with Gasteiger partial charge in [0, 0.05) is 6.54 Å². The third-order valence-corrected chi connectivity index (χ3v) is 3.85. The molecular weight excluding hydrogens is 349 g/mol. The van der Waals surface area contributed by atoms with Crippen molar-refractivity contribution in [3.05, 3.63) is 29.8 Å². The quantitative estimate of drug-likeness (QED) is 0.837. The van der Waals surface area contributed by atoms with Crippen LogP contribution in [0, 0.1) is 0 Å². The highest BCUT2D eigenvalue weighted by atomic mass is 19.4. The predicted molar refractivity (Wildman–Crippen MR) is 90.9 cm³/mol. The van der Waals surface area contributed by atoms with E-state index in [9.17, 15) is 18.0 Å². The normalized spacial score (nSPS) is 17.0. The number of nitrogens with one attached hydrogen (secondary N) is 1. The van der Waals surface area contributed by atoms with E-state index in [1.54, 1.807) is 20.8 Å². The first kappa shape index (κ1) is 20.4. The Morgan fingerprint density at radius 3 is 2.23 bits per heavy atom. The number of amides is 1. The summed E-state index contributed by atoms with van der Waals surface area (Å²) >= 11 is 0. The largest absolute Gasteiger partial charge is 0.573 e. The second kappa shape index (κ2) is 8.16. The first-order valence-corrected chi connectivity index (χ1v) is 8.59. The van der Waals surface area contributed by atoms with Gasteiger partial charge in [0.1, 0.15) is 11.4 Å². The minimum atomic E-state index is -4.73. The first-order chi connectivity index (χ1) is 12.0. The molecule has 1 aliphatic heterocycles. The smallest absolute Gasteiger partial charge is 0.444 e. The number of halogens is 3. The average molecular weight is 374 g/mol. The summed E-state index contributed by atoms with van der Waals surface area (Å²) in [6, 6.07) is 5.16. The van der Waals surface area contributed by atoms with Crippen molar-refractivity contribution in [3.8, 4) is 5.75 Å². The van der Waals surface area contributed by atoms with E-state index in [0.717, 1.165) is 25.9 Å². The van der Waals surface area contributed by atoms with Gasteiger partial charge >= 0.3 is 12.5 Å². The van der Waals surface area contributed by atoms with Gasteiger partial charge in [0.05, 0.1) is 6.04 Å². The summed E-state index contributed by atoms with van der Waals surface area (Å²) in [5.41, 5.74) is 0.0597. The molecule has 26 heavy (non-hydrogen) atoms. The molecule has 0 bridgehead atoms. The fourth-order valence-electron chi connectivity index (χ4n) is 2.81. The molecule has 1 aromatic rings. The van der Waals surface area contributed by atoms with E-state index in [1.165, 1.54) is 24.3 Å². The van der Waals surface area contributed by atoms with Gasteiger partial charge in [0.15, 0.2) is 0 Å². The molecule has 1 heterocycles. The Kier molecular flexibility index (Phi) is 6.39. The predicted octanol–water partition coefficient (Wildman–Crippen LogP) is 4.25. The molecule has 1 saturated heterocycles.